The van der Waals surface area contributed by atoms with Crippen molar-refractivity contribution in [2.45, 2.75) is 19.4 Å². The van der Waals surface area contributed by atoms with Gasteiger partial charge in [-0.3, -0.25) is 10.2 Å². The third-order valence-electron chi connectivity index (χ3n) is 5.14. The molecule has 8 nitrogen and oxygen atoms in total. The van der Waals surface area contributed by atoms with E-state index >= 15 is 0 Å². The summed E-state index contributed by atoms with van der Waals surface area (Å²) in [6, 6.07) is 12.7. The second-order valence-electron chi connectivity index (χ2n) is 7.50. The number of benzene rings is 2. The summed E-state index contributed by atoms with van der Waals surface area (Å²) in [4.78, 5) is 15.0. The Morgan fingerprint density at radius 1 is 1.34 bits per heavy atom. The number of aliphatic hydroxyl groups is 1. The molecule has 1 aromatic heterocycles. The number of carbonyl (C=O) groups excluding carboxylic acids is 1. The van der Waals surface area contributed by atoms with Gasteiger partial charge in [0.2, 0.25) is 5.88 Å². The van der Waals surface area contributed by atoms with Crippen LogP contribution in [-0.2, 0) is 6.42 Å². The number of nitrogens with one attached hydrogen (secondary N) is 3. The van der Waals surface area contributed by atoms with Crippen LogP contribution in [0.3, 0.4) is 0 Å². The zero-order valence-electron chi connectivity index (χ0n) is 17.2. The van der Waals surface area contributed by atoms with E-state index < -0.39 is 0 Å². The SMILES string of the molecule is CC(CO)NC(=N)c1c(O)nsc1Nc1cccc(C(=O)N2CCc3cc(Br)ccc32)c1. The number of aromatic nitrogens is 1. The maximum absolute atomic E-state index is 13.2. The molecule has 2 heterocycles. The number of aliphatic hydroxyl groups excluding tert-OH is 1. The highest BCUT2D eigenvalue weighted by Gasteiger charge is 2.26. The predicted molar refractivity (Wildman–Crippen MR) is 130 cm³/mol. The van der Waals surface area contributed by atoms with Crippen molar-refractivity contribution in [3.63, 3.8) is 0 Å². The number of carbonyl (C=O) groups is 1. The summed E-state index contributed by atoms with van der Waals surface area (Å²) in [6.07, 6.45) is 0.809. The Hall–Kier alpha value is -2.95. The maximum Gasteiger partial charge on any atom is 0.258 e. The van der Waals surface area contributed by atoms with Gasteiger partial charge in [-0.1, -0.05) is 22.0 Å². The fourth-order valence-corrected chi connectivity index (χ4v) is 4.68. The average molecular weight is 516 g/mol. The van der Waals surface area contributed by atoms with Gasteiger partial charge in [0, 0.05) is 34.0 Å². The first kappa shape index (κ1) is 22.3. The molecule has 0 saturated heterocycles. The highest BCUT2D eigenvalue weighted by atomic mass is 79.9. The van der Waals surface area contributed by atoms with Crippen LogP contribution in [0, 0.1) is 5.41 Å². The smallest absolute Gasteiger partial charge is 0.258 e. The molecule has 0 bridgehead atoms. The molecule has 1 unspecified atom stereocenters. The molecule has 4 rings (SSSR count). The molecule has 0 radical (unpaired) electrons. The Morgan fingerprint density at radius 2 is 2.16 bits per heavy atom. The first-order chi connectivity index (χ1) is 15.4. The summed E-state index contributed by atoms with van der Waals surface area (Å²) < 4.78 is 4.93. The summed E-state index contributed by atoms with van der Waals surface area (Å²) in [6.45, 7) is 2.20. The molecule has 0 saturated carbocycles. The van der Waals surface area contributed by atoms with E-state index in [1.54, 1.807) is 36.1 Å². The van der Waals surface area contributed by atoms with Gasteiger partial charge >= 0.3 is 0 Å². The third kappa shape index (κ3) is 4.47. The molecular formula is C22H22BrN5O3S. The topological polar surface area (TPSA) is 122 Å². The van der Waals surface area contributed by atoms with E-state index in [-0.39, 0.29) is 35.8 Å². The van der Waals surface area contributed by atoms with Crippen molar-refractivity contribution in [1.29, 1.82) is 5.41 Å². The van der Waals surface area contributed by atoms with Crippen molar-refractivity contribution < 1.29 is 15.0 Å². The summed E-state index contributed by atoms with van der Waals surface area (Å²) in [5.74, 6) is -0.409. The van der Waals surface area contributed by atoms with Gasteiger partial charge in [-0.2, -0.15) is 4.37 Å². The van der Waals surface area contributed by atoms with E-state index in [4.69, 9.17) is 5.41 Å². The summed E-state index contributed by atoms with van der Waals surface area (Å²) in [5.41, 5.74) is 3.44. The Labute approximate surface area is 197 Å². The van der Waals surface area contributed by atoms with Crippen molar-refractivity contribution in [1.82, 2.24) is 9.69 Å². The number of hydrogen-bond donors (Lipinski definition) is 5. The number of hydrogen-bond acceptors (Lipinski definition) is 7. The van der Waals surface area contributed by atoms with E-state index in [0.717, 1.165) is 33.7 Å². The van der Waals surface area contributed by atoms with Gasteiger partial charge in [0.05, 0.1) is 6.61 Å². The Morgan fingerprint density at radius 3 is 2.94 bits per heavy atom. The van der Waals surface area contributed by atoms with Gasteiger partial charge < -0.3 is 25.7 Å². The van der Waals surface area contributed by atoms with Gasteiger partial charge in [0.1, 0.15) is 16.4 Å². The molecule has 0 spiro atoms. The number of anilines is 3. The second-order valence-corrected chi connectivity index (χ2v) is 9.19. The van der Waals surface area contributed by atoms with Gasteiger partial charge in [0.15, 0.2) is 0 Å². The minimum atomic E-state index is -0.348. The standard InChI is InChI=1S/C22H22BrN5O3S/c1-12(11-29)25-19(24)18-20(30)27-32-21(18)26-16-4-2-3-14(10-16)22(31)28-8-7-13-9-15(23)5-6-17(13)28/h2-6,9-10,12,26,29H,7-8,11H2,1H3,(H2,24,25)(H,27,30). The van der Waals surface area contributed by atoms with Crippen LogP contribution >= 0.6 is 27.5 Å². The Bertz CT molecular complexity index is 1180. The van der Waals surface area contributed by atoms with E-state index in [2.05, 4.69) is 30.9 Å². The lowest BCUT2D eigenvalue weighted by Crippen LogP contribution is -2.35. The molecule has 32 heavy (non-hydrogen) atoms. The quantitative estimate of drug-likeness (QED) is 0.251. The second kappa shape index (κ2) is 9.27. The van der Waals surface area contributed by atoms with Gasteiger partial charge in [-0.25, -0.2) is 0 Å². The first-order valence-electron chi connectivity index (χ1n) is 9.99. The number of fused-ring (bicyclic) bond motifs is 1. The number of nitrogens with zero attached hydrogens (tertiary/aromatic N) is 2. The molecular weight excluding hydrogens is 494 g/mol. The molecule has 1 amide bonds. The van der Waals surface area contributed by atoms with Crippen LogP contribution in [0.1, 0.15) is 28.4 Å². The van der Waals surface area contributed by atoms with Crippen molar-refractivity contribution in [2.75, 3.05) is 23.4 Å². The minimum Gasteiger partial charge on any atom is -0.492 e. The van der Waals surface area contributed by atoms with Crippen molar-refractivity contribution >= 4 is 55.6 Å². The molecule has 10 heteroatoms. The van der Waals surface area contributed by atoms with Gasteiger partial charge in [-0.05, 0) is 66.8 Å². The maximum atomic E-state index is 13.2. The largest absolute Gasteiger partial charge is 0.492 e. The number of halogens is 1. The molecule has 166 valence electrons. The van der Waals surface area contributed by atoms with Crippen molar-refractivity contribution in [2.24, 2.45) is 0 Å². The highest BCUT2D eigenvalue weighted by molar-refractivity contribution is 9.10. The molecule has 5 N–H and O–H groups in total. The predicted octanol–water partition coefficient (Wildman–Crippen LogP) is 3.85. The first-order valence-corrected chi connectivity index (χ1v) is 11.6. The highest BCUT2D eigenvalue weighted by Crippen LogP contribution is 2.34. The summed E-state index contributed by atoms with van der Waals surface area (Å²) in [7, 11) is 0. The molecule has 1 aliphatic rings. The lowest BCUT2D eigenvalue weighted by molar-refractivity contribution is 0.0989. The van der Waals surface area contributed by atoms with Crippen LogP contribution in [0.15, 0.2) is 46.9 Å². The number of rotatable bonds is 6. The van der Waals surface area contributed by atoms with Gasteiger partial charge in [-0.15, -0.1) is 0 Å². The van der Waals surface area contributed by atoms with Crippen molar-refractivity contribution in [3.05, 3.63) is 63.6 Å². The fourth-order valence-electron chi connectivity index (χ4n) is 3.55. The zero-order valence-corrected chi connectivity index (χ0v) is 19.6. The lowest BCUT2D eigenvalue weighted by atomic mass is 10.1. The van der Waals surface area contributed by atoms with Crippen LogP contribution in [0.5, 0.6) is 5.88 Å². The minimum absolute atomic E-state index is 0.0487. The van der Waals surface area contributed by atoms with Gasteiger partial charge in [0.25, 0.3) is 5.91 Å². The van der Waals surface area contributed by atoms with Crippen LogP contribution in [0.2, 0.25) is 0 Å². The van der Waals surface area contributed by atoms with Crippen LogP contribution in [-0.4, -0.2) is 45.5 Å². The van der Waals surface area contributed by atoms with Crippen LogP contribution < -0.4 is 15.5 Å². The lowest BCUT2D eigenvalue weighted by Gasteiger charge is -2.18. The Kier molecular flexibility index (Phi) is 6.45. The molecule has 0 fully saturated rings. The van der Waals surface area contributed by atoms with E-state index in [9.17, 15) is 15.0 Å². The molecule has 1 atom stereocenters. The fraction of sp³-hybridized carbons (Fsp3) is 0.227. The van der Waals surface area contributed by atoms with E-state index in [1.165, 1.54) is 0 Å². The van der Waals surface area contributed by atoms with Crippen LogP contribution in [0.4, 0.5) is 16.4 Å². The van der Waals surface area contributed by atoms with Crippen molar-refractivity contribution in [3.8, 4) is 5.88 Å². The number of amides is 1. The third-order valence-corrected chi connectivity index (χ3v) is 6.38. The molecule has 3 aromatic rings. The number of amidine groups is 1. The average Bonchev–Trinajstić information content (AvgIpc) is 3.36. The van der Waals surface area contributed by atoms with Crippen LogP contribution in [0.25, 0.3) is 0 Å². The summed E-state index contributed by atoms with van der Waals surface area (Å²) >= 11 is 4.49. The van der Waals surface area contributed by atoms with E-state index in [1.807, 2.05) is 18.2 Å². The molecule has 0 aliphatic carbocycles. The normalized spacial score (nSPS) is 13.5. The Balaban J connectivity index is 1.55. The summed E-state index contributed by atoms with van der Waals surface area (Å²) in [5, 5.41) is 34.0. The molecule has 2 aromatic carbocycles. The molecule has 1 aliphatic heterocycles. The monoisotopic (exact) mass is 515 g/mol. The number of aromatic hydroxyl groups is 1. The zero-order chi connectivity index (χ0) is 22.8. The van der Waals surface area contributed by atoms with E-state index in [0.29, 0.717) is 22.8 Å².